The number of aliphatic hydroxyl groups excluding tert-OH is 1. The molecule has 0 bridgehead atoms. The highest BCUT2D eigenvalue weighted by Gasteiger charge is 2.20. The van der Waals surface area contributed by atoms with Crippen molar-refractivity contribution in [1.82, 2.24) is 0 Å². The Morgan fingerprint density at radius 2 is 2.00 bits per heavy atom. The van der Waals surface area contributed by atoms with Crippen LogP contribution in [-0.2, 0) is 0 Å². The Morgan fingerprint density at radius 1 is 1.31 bits per heavy atom. The van der Waals surface area contributed by atoms with Crippen molar-refractivity contribution in [2.45, 2.75) is 51.6 Å². The molecule has 2 heteroatoms. The van der Waals surface area contributed by atoms with Gasteiger partial charge in [0.05, 0.1) is 6.10 Å². The first kappa shape index (κ1) is 11.4. The Bertz CT molecular complexity index is 121. The van der Waals surface area contributed by atoms with Gasteiger partial charge in [-0.25, -0.2) is 0 Å². The Kier molecular flexibility index (Phi) is 5.88. The standard InChI is InChI=1S/C11H22OS/c1-2-13-9-8-11(12)10-6-4-3-5-7-10/h10-12H,2-9H2,1H3. The van der Waals surface area contributed by atoms with Gasteiger partial charge in [-0.1, -0.05) is 26.2 Å². The fourth-order valence-corrected chi connectivity index (χ4v) is 2.80. The van der Waals surface area contributed by atoms with E-state index in [0.29, 0.717) is 5.92 Å². The first-order valence-electron chi connectivity index (χ1n) is 5.60. The molecule has 0 saturated heterocycles. The number of aliphatic hydroxyl groups is 1. The molecule has 1 unspecified atom stereocenters. The molecule has 13 heavy (non-hydrogen) atoms. The second kappa shape index (κ2) is 6.72. The monoisotopic (exact) mass is 202 g/mol. The largest absolute Gasteiger partial charge is 0.393 e. The predicted octanol–water partition coefficient (Wildman–Crippen LogP) is 3.07. The summed E-state index contributed by atoms with van der Waals surface area (Å²) < 4.78 is 0. The number of hydrogen-bond donors (Lipinski definition) is 1. The number of thioether (sulfide) groups is 1. The summed E-state index contributed by atoms with van der Waals surface area (Å²) in [6, 6.07) is 0. The van der Waals surface area contributed by atoms with E-state index < -0.39 is 0 Å². The fourth-order valence-electron chi connectivity index (χ4n) is 2.10. The van der Waals surface area contributed by atoms with Crippen LogP contribution in [0.4, 0.5) is 0 Å². The highest BCUT2D eigenvalue weighted by Crippen LogP contribution is 2.28. The van der Waals surface area contributed by atoms with Gasteiger partial charge < -0.3 is 5.11 Å². The van der Waals surface area contributed by atoms with E-state index in [1.807, 2.05) is 11.8 Å². The molecule has 0 amide bonds. The van der Waals surface area contributed by atoms with Gasteiger partial charge in [0, 0.05) is 0 Å². The van der Waals surface area contributed by atoms with Crippen LogP contribution >= 0.6 is 11.8 Å². The summed E-state index contributed by atoms with van der Waals surface area (Å²) in [5.41, 5.74) is 0. The maximum Gasteiger partial charge on any atom is 0.0576 e. The fraction of sp³-hybridized carbons (Fsp3) is 1.00. The van der Waals surface area contributed by atoms with Crippen molar-refractivity contribution in [3.8, 4) is 0 Å². The van der Waals surface area contributed by atoms with E-state index in [-0.39, 0.29) is 6.10 Å². The Hall–Kier alpha value is 0.310. The third-order valence-corrected chi connectivity index (χ3v) is 3.89. The lowest BCUT2D eigenvalue weighted by Gasteiger charge is -2.26. The highest BCUT2D eigenvalue weighted by atomic mass is 32.2. The van der Waals surface area contributed by atoms with Crippen LogP contribution in [0.2, 0.25) is 0 Å². The lowest BCUT2D eigenvalue weighted by atomic mass is 9.84. The minimum atomic E-state index is -0.0145. The van der Waals surface area contributed by atoms with Gasteiger partial charge in [-0.2, -0.15) is 11.8 Å². The normalized spacial score (nSPS) is 21.7. The Morgan fingerprint density at radius 3 is 2.62 bits per heavy atom. The topological polar surface area (TPSA) is 20.2 Å². The molecule has 0 aromatic carbocycles. The molecule has 0 aliphatic heterocycles. The molecule has 1 aliphatic carbocycles. The molecule has 1 aliphatic rings. The first-order valence-corrected chi connectivity index (χ1v) is 6.76. The van der Waals surface area contributed by atoms with Gasteiger partial charge in [0.25, 0.3) is 0 Å². The predicted molar refractivity (Wildman–Crippen MR) is 60.2 cm³/mol. The van der Waals surface area contributed by atoms with Gasteiger partial charge in [0.15, 0.2) is 0 Å². The van der Waals surface area contributed by atoms with Crippen molar-refractivity contribution >= 4 is 11.8 Å². The summed E-state index contributed by atoms with van der Waals surface area (Å²) in [4.78, 5) is 0. The summed E-state index contributed by atoms with van der Waals surface area (Å²) in [6.45, 7) is 2.18. The molecule has 0 heterocycles. The van der Waals surface area contributed by atoms with E-state index in [1.54, 1.807) is 0 Å². The summed E-state index contributed by atoms with van der Waals surface area (Å²) in [5, 5.41) is 9.89. The van der Waals surface area contributed by atoms with Crippen LogP contribution in [0.5, 0.6) is 0 Å². The first-order chi connectivity index (χ1) is 6.34. The van der Waals surface area contributed by atoms with Crippen molar-refractivity contribution < 1.29 is 5.11 Å². The van der Waals surface area contributed by atoms with Crippen LogP contribution in [0.3, 0.4) is 0 Å². The third-order valence-electron chi connectivity index (χ3n) is 2.96. The van der Waals surface area contributed by atoms with Crippen LogP contribution in [0.15, 0.2) is 0 Å². The zero-order chi connectivity index (χ0) is 9.52. The van der Waals surface area contributed by atoms with Crippen molar-refractivity contribution in [3.63, 3.8) is 0 Å². The molecule has 78 valence electrons. The molecule has 0 spiro atoms. The van der Waals surface area contributed by atoms with E-state index in [0.717, 1.165) is 12.2 Å². The van der Waals surface area contributed by atoms with Crippen molar-refractivity contribution in [2.75, 3.05) is 11.5 Å². The smallest absolute Gasteiger partial charge is 0.0576 e. The second-order valence-corrected chi connectivity index (χ2v) is 5.34. The van der Waals surface area contributed by atoms with Gasteiger partial charge in [-0.3, -0.25) is 0 Å². The lowest BCUT2D eigenvalue weighted by molar-refractivity contribution is 0.0826. The highest BCUT2D eigenvalue weighted by molar-refractivity contribution is 7.99. The Balaban J connectivity index is 2.09. The van der Waals surface area contributed by atoms with Crippen LogP contribution in [0.1, 0.15) is 45.4 Å². The SMILES string of the molecule is CCSCCC(O)C1CCCCC1. The van der Waals surface area contributed by atoms with Crippen molar-refractivity contribution in [3.05, 3.63) is 0 Å². The van der Waals surface area contributed by atoms with Crippen molar-refractivity contribution in [2.24, 2.45) is 5.92 Å². The molecule has 0 aromatic heterocycles. The minimum absolute atomic E-state index is 0.0145. The van der Waals surface area contributed by atoms with E-state index >= 15 is 0 Å². The maximum atomic E-state index is 9.89. The molecular weight excluding hydrogens is 180 g/mol. The summed E-state index contributed by atoms with van der Waals surface area (Å²) in [6.07, 6.45) is 7.57. The summed E-state index contributed by atoms with van der Waals surface area (Å²) >= 11 is 1.94. The number of rotatable bonds is 5. The van der Waals surface area contributed by atoms with Gasteiger partial charge in [-0.15, -0.1) is 0 Å². The van der Waals surface area contributed by atoms with E-state index in [9.17, 15) is 5.11 Å². The van der Waals surface area contributed by atoms with Gasteiger partial charge in [-0.05, 0) is 36.7 Å². The molecule has 1 N–H and O–H groups in total. The number of hydrogen-bond acceptors (Lipinski definition) is 2. The quantitative estimate of drug-likeness (QED) is 0.691. The zero-order valence-electron chi connectivity index (χ0n) is 8.67. The van der Waals surface area contributed by atoms with E-state index in [4.69, 9.17) is 0 Å². The van der Waals surface area contributed by atoms with Crippen LogP contribution in [0.25, 0.3) is 0 Å². The molecule has 1 nitrogen and oxygen atoms in total. The lowest BCUT2D eigenvalue weighted by Crippen LogP contribution is -2.23. The average molecular weight is 202 g/mol. The van der Waals surface area contributed by atoms with E-state index in [1.165, 1.54) is 37.9 Å². The average Bonchev–Trinajstić information content (AvgIpc) is 2.19. The molecular formula is C11H22OS. The van der Waals surface area contributed by atoms with Gasteiger partial charge >= 0.3 is 0 Å². The zero-order valence-corrected chi connectivity index (χ0v) is 9.48. The minimum Gasteiger partial charge on any atom is -0.393 e. The van der Waals surface area contributed by atoms with Gasteiger partial charge in [0.1, 0.15) is 0 Å². The molecule has 1 atom stereocenters. The van der Waals surface area contributed by atoms with Crippen molar-refractivity contribution in [1.29, 1.82) is 0 Å². The summed E-state index contributed by atoms with van der Waals surface area (Å²) in [5.74, 6) is 2.93. The van der Waals surface area contributed by atoms with Crippen LogP contribution in [0, 0.1) is 5.92 Å². The molecule has 0 aromatic rings. The molecule has 1 rings (SSSR count). The third kappa shape index (κ3) is 4.37. The molecule has 1 saturated carbocycles. The molecule has 1 fully saturated rings. The Labute approximate surface area is 86.3 Å². The summed E-state index contributed by atoms with van der Waals surface area (Å²) in [7, 11) is 0. The maximum absolute atomic E-state index is 9.89. The second-order valence-electron chi connectivity index (χ2n) is 3.95. The van der Waals surface area contributed by atoms with Crippen LogP contribution in [-0.4, -0.2) is 22.7 Å². The van der Waals surface area contributed by atoms with Gasteiger partial charge in [0.2, 0.25) is 0 Å². The molecule has 0 radical (unpaired) electrons. The van der Waals surface area contributed by atoms with E-state index in [2.05, 4.69) is 6.92 Å². The van der Waals surface area contributed by atoms with Crippen LogP contribution < -0.4 is 0 Å².